The normalized spacial score (nSPS) is 10.7. The average molecular weight is 302 g/mol. The Morgan fingerprint density at radius 3 is 3.00 bits per heavy atom. The number of aromatic nitrogens is 1. The largest absolute Gasteiger partial charge is 0.481 e. The molecule has 0 aliphatic carbocycles. The standard InChI is InChI=1S/C13H22N2O4S/c1-18-8-9-19-7-3-2-6-14-13-15-11(10-20-13)4-5-12(16)17/h10H,2-9H2,1H3,(H,14,15)(H,16,17). The first-order chi connectivity index (χ1) is 9.72. The summed E-state index contributed by atoms with van der Waals surface area (Å²) < 4.78 is 10.2. The molecule has 7 heteroatoms. The van der Waals surface area contributed by atoms with Crippen LogP contribution in [0.5, 0.6) is 0 Å². The van der Waals surface area contributed by atoms with Crippen LogP contribution in [0, 0.1) is 0 Å². The summed E-state index contributed by atoms with van der Waals surface area (Å²) in [5.41, 5.74) is 0.836. The highest BCUT2D eigenvalue weighted by Gasteiger charge is 2.04. The van der Waals surface area contributed by atoms with Gasteiger partial charge in [0.15, 0.2) is 5.13 Å². The first kappa shape index (κ1) is 16.9. The van der Waals surface area contributed by atoms with Crippen molar-refractivity contribution in [2.45, 2.75) is 25.7 Å². The molecule has 0 aliphatic rings. The highest BCUT2D eigenvalue weighted by molar-refractivity contribution is 7.13. The van der Waals surface area contributed by atoms with Gasteiger partial charge in [0.2, 0.25) is 0 Å². The number of carboxylic acid groups (broad SMARTS) is 1. The summed E-state index contributed by atoms with van der Waals surface area (Å²) in [5.74, 6) is -0.791. The molecule has 0 fully saturated rings. The van der Waals surface area contributed by atoms with Crippen LogP contribution in [0.25, 0.3) is 0 Å². The summed E-state index contributed by atoms with van der Waals surface area (Å²) in [6, 6.07) is 0. The number of carbonyl (C=O) groups is 1. The molecule has 0 saturated carbocycles. The van der Waals surface area contributed by atoms with Gasteiger partial charge in [0.05, 0.1) is 25.3 Å². The lowest BCUT2D eigenvalue weighted by Crippen LogP contribution is -2.06. The van der Waals surface area contributed by atoms with Crippen LogP contribution in [-0.2, 0) is 20.7 Å². The quantitative estimate of drug-likeness (QED) is 0.575. The zero-order chi connectivity index (χ0) is 14.6. The molecule has 0 spiro atoms. The van der Waals surface area contributed by atoms with Gasteiger partial charge in [-0.1, -0.05) is 0 Å². The second-order valence-electron chi connectivity index (χ2n) is 4.28. The van der Waals surface area contributed by atoms with E-state index < -0.39 is 5.97 Å². The second-order valence-corrected chi connectivity index (χ2v) is 5.13. The number of hydrogen-bond donors (Lipinski definition) is 2. The van der Waals surface area contributed by atoms with Gasteiger partial charge in [-0.05, 0) is 12.8 Å². The zero-order valence-corrected chi connectivity index (χ0v) is 12.6. The van der Waals surface area contributed by atoms with E-state index in [9.17, 15) is 4.79 Å². The number of nitrogens with zero attached hydrogens (tertiary/aromatic N) is 1. The van der Waals surface area contributed by atoms with E-state index in [0.29, 0.717) is 19.6 Å². The molecule has 0 radical (unpaired) electrons. The molecule has 1 aromatic rings. The minimum atomic E-state index is -0.791. The number of carboxylic acids is 1. The van der Waals surface area contributed by atoms with Crippen LogP contribution in [0.4, 0.5) is 5.13 Å². The minimum absolute atomic E-state index is 0.127. The topological polar surface area (TPSA) is 80.7 Å². The van der Waals surface area contributed by atoms with Gasteiger partial charge in [-0.3, -0.25) is 4.79 Å². The van der Waals surface area contributed by atoms with Crippen LogP contribution in [-0.4, -0.2) is 49.5 Å². The predicted molar refractivity (Wildman–Crippen MR) is 78.5 cm³/mol. The van der Waals surface area contributed by atoms with Crippen LogP contribution >= 0.6 is 11.3 Å². The van der Waals surface area contributed by atoms with E-state index in [1.165, 1.54) is 11.3 Å². The van der Waals surface area contributed by atoms with Crippen LogP contribution in [0.15, 0.2) is 5.38 Å². The SMILES string of the molecule is COCCOCCCCNc1nc(CCC(=O)O)cs1. The molecule has 114 valence electrons. The molecule has 0 amide bonds. The molecule has 6 nitrogen and oxygen atoms in total. The summed E-state index contributed by atoms with van der Waals surface area (Å²) >= 11 is 1.51. The number of hydrogen-bond acceptors (Lipinski definition) is 6. The van der Waals surface area contributed by atoms with E-state index in [4.69, 9.17) is 14.6 Å². The van der Waals surface area contributed by atoms with E-state index in [2.05, 4.69) is 10.3 Å². The lowest BCUT2D eigenvalue weighted by atomic mass is 10.2. The number of methoxy groups -OCH3 is 1. The number of unbranched alkanes of at least 4 members (excludes halogenated alkanes) is 1. The second kappa shape index (κ2) is 10.6. The molecule has 0 saturated heterocycles. The molecule has 20 heavy (non-hydrogen) atoms. The summed E-state index contributed by atoms with van der Waals surface area (Å²) in [7, 11) is 1.66. The van der Waals surface area contributed by atoms with Gasteiger partial charge >= 0.3 is 5.97 Å². The first-order valence-corrected chi connectivity index (χ1v) is 7.57. The van der Waals surface area contributed by atoms with Crippen LogP contribution in [0.3, 0.4) is 0 Å². The van der Waals surface area contributed by atoms with Crippen molar-refractivity contribution in [1.29, 1.82) is 0 Å². The van der Waals surface area contributed by atoms with E-state index in [-0.39, 0.29) is 6.42 Å². The number of thiazole rings is 1. The molecule has 0 bridgehead atoms. The molecule has 1 rings (SSSR count). The van der Waals surface area contributed by atoms with Crippen molar-refractivity contribution in [3.8, 4) is 0 Å². The van der Waals surface area contributed by atoms with Gasteiger partial charge in [-0.15, -0.1) is 11.3 Å². The smallest absolute Gasteiger partial charge is 0.303 e. The molecule has 0 aliphatic heterocycles. The van der Waals surface area contributed by atoms with E-state index >= 15 is 0 Å². The number of nitrogens with one attached hydrogen (secondary N) is 1. The Labute approximate surface area is 123 Å². The van der Waals surface area contributed by atoms with Crippen LogP contribution in [0.2, 0.25) is 0 Å². The number of aryl methyl sites for hydroxylation is 1. The Hall–Kier alpha value is -1.18. The van der Waals surface area contributed by atoms with Crippen molar-refractivity contribution in [2.24, 2.45) is 0 Å². The molecule has 0 aromatic carbocycles. The Bertz CT molecular complexity index is 384. The van der Waals surface area contributed by atoms with Crippen LogP contribution < -0.4 is 5.32 Å². The molecule has 0 atom stereocenters. The van der Waals surface area contributed by atoms with E-state index in [1.807, 2.05) is 5.38 Å². The molecule has 1 heterocycles. The highest BCUT2D eigenvalue weighted by atomic mass is 32.1. The Morgan fingerprint density at radius 2 is 2.25 bits per heavy atom. The maximum atomic E-state index is 10.5. The number of rotatable bonds is 12. The van der Waals surface area contributed by atoms with Gasteiger partial charge in [-0.25, -0.2) is 4.98 Å². The third-order valence-corrected chi connectivity index (χ3v) is 3.42. The molecule has 1 aromatic heterocycles. The van der Waals surface area contributed by atoms with Crippen molar-refractivity contribution in [3.63, 3.8) is 0 Å². The van der Waals surface area contributed by atoms with Gasteiger partial charge in [0.25, 0.3) is 0 Å². The van der Waals surface area contributed by atoms with Crippen LogP contribution in [0.1, 0.15) is 25.0 Å². The first-order valence-electron chi connectivity index (χ1n) is 6.69. The van der Waals surface area contributed by atoms with Crippen molar-refractivity contribution >= 4 is 22.4 Å². The number of anilines is 1. The summed E-state index contributed by atoms with van der Waals surface area (Å²) in [6.07, 6.45) is 2.62. The van der Waals surface area contributed by atoms with Gasteiger partial charge in [0.1, 0.15) is 0 Å². The molecule has 0 unspecified atom stereocenters. The Kier molecular flexibility index (Phi) is 8.93. The van der Waals surface area contributed by atoms with E-state index in [1.54, 1.807) is 7.11 Å². The van der Waals surface area contributed by atoms with Gasteiger partial charge in [-0.2, -0.15) is 0 Å². The Balaban J connectivity index is 2.03. The fourth-order valence-electron chi connectivity index (χ4n) is 1.51. The number of ether oxygens (including phenoxy) is 2. The monoisotopic (exact) mass is 302 g/mol. The van der Waals surface area contributed by atoms with Crippen molar-refractivity contribution in [3.05, 3.63) is 11.1 Å². The Morgan fingerprint density at radius 1 is 1.40 bits per heavy atom. The fourth-order valence-corrected chi connectivity index (χ4v) is 2.28. The molecular weight excluding hydrogens is 280 g/mol. The third kappa shape index (κ3) is 8.08. The van der Waals surface area contributed by atoms with Gasteiger partial charge < -0.3 is 19.9 Å². The molecular formula is C13H22N2O4S. The summed E-state index contributed by atoms with van der Waals surface area (Å²) in [6.45, 7) is 2.87. The van der Waals surface area contributed by atoms with Crippen molar-refractivity contribution in [2.75, 3.05) is 38.8 Å². The lowest BCUT2D eigenvalue weighted by Gasteiger charge is -2.04. The lowest BCUT2D eigenvalue weighted by molar-refractivity contribution is -0.136. The van der Waals surface area contributed by atoms with Gasteiger partial charge in [0, 0.05) is 32.1 Å². The predicted octanol–water partition coefficient (Wildman–Crippen LogP) is 2.02. The fraction of sp³-hybridized carbons (Fsp3) is 0.692. The maximum absolute atomic E-state index is 10.5. The van der Waals surface area contributed by atoms with Crippen molar-refractivity contribution in [1.82, 2.24) is 4.98 Å². The summed E-state index contributed by atoms with van der Waals surface area (Å²) in [5, 5.41) is 14.6. The number of aliphatic carboxylic acids is 1. The minimum Gasteiger partial charge on any atom is -0.481 e. The average Bonchev–Trinajstić information content (AvgIpc) is 2.87. The maximum Gasteiger partial charge on any atom is 0.303 e. The zero-order valence-electron chi connectivity index (χ0n) is 11.8. The third-order valence-electron chi connectivity index (χ3n) is 2.57. The highest BCUT2D eigenvalue weighted by Crippen LogP contribution is 2.16. The summed E-state index contributed by atoms with van der Waals surface area (Å²) in [4.78, 5) is 14.8. The van der Waals surface area contributed by atoms with Crippen molar-refractivity contribution < 1.29 is 19.4 Å². The molecule has 2 N–H and O–H groups in total. The van der Waals surface area contributed by atoms with E-state index in [0.717, 1.165) is 36.8 Å².